The molecular formula is C10H22N2O. The number of amides is 2. The van der Waals surface area contributed by atoms with E-state index >= 15 is 0 Å². The van der Waals surface area contributed by atoms with Gasteiger partial charge in [0.2, 0.25) is 0 Å². The maximum Gasteiger partial charge on any atom is 0.317 e. The molecule has 0 saturated carbocycles. The second-order valence-electron chi connectivity index (χ2n) is 3.48. The van der Waals surface area contributed by atoms with Gasteiger partial charge in [-0.25, -0.2) is 4.79 Å². The number of nitrogens with one attached hydrogen (secondary N) is 1. The van der Waals surface area contributed by atoms with Crippen LogP contribution in [0.5, 0.6) is 0 Å². The van der Waals surface area contributed by atoms with Gasteiger partial charge in [-0.1, -0.05) is 20.3 Å². The molecule has 1 atom stereocenters. The summed E-state index contributed by atoms with van der Waals surface area (Å²) in [5.74, 6) is 0. The molecule has 0 aliphatic heterocycles. The summed E-state index contributed by atoms with van der Waals surface area (Å²) in [6, 6.07) is 0.379. The second-order valence-corrected chi connectivity index (χ2v) is 3.48. The first-order valence-electron chi connectivity index (χ1n) is 5.14. The monoisotopic (exact) mass is 186 g/mol. The molecule has 0 radical (unpaired) electrons. The van der Waals surface area contributed by atoms with Crippen LogP contribution in [0, 0.1) is 0 Å². The molecular weight excluding hydrogens is 164 g/mol. The molecule has 13 heavy (non-hydrogen) atoms. The van der Waals surface area contributed by atoms with Gasteiger partial charge >= 0.3 is 6.03 Å². The Morgan fingerprint density at radius 1 is 1.38 bits per heavy atom. The van der Waals surface area contributed by atoms with Crippen molar-refractivity contribution in [3.05, 3.63) is 0 Å². The Morgan fingerprint density at radius 3 is 2.46 bits per heavy atom. The third-order valence-electron chi connectivity index (χ3n) is 2.21. The van der Waals surface area contributed by atoms with Crippen LogP contribution in [0.4, 0.5) is 4.79 Å². The van der Waals surface area contributed by atoms with Crippen molar-refractivity contribution in [1.29, 1.82) is 0 Å². The summed E-state index contributed by atoms with van der Waals surface area (Å²) >= 11 is 0. The maximum atomic E-state index is 11.4. The van der Waals surface area contributed by atoms with Crippen LogP contribution in [-0.4, -0.2) is 30.6 Å². The zero-order valence-corrected chi connectivity index (χ0v) is 9.26. The van der Waals surface area contributed by atoms with Gasteiger partial charge < -0.3 is 10.2 Å². The second kappa shape index (κ2) is 6.75. The molecule has 0 rings (SSSR count). The first-order chi connectivity index (χ1) is 6.13. The van der Waals surface area contributed by atoms with Crippen molar-refractivity contribution in [2.24, 2.45) is 0 Å². The minimum atomic E-state index is 0.0443. The number of hydrogen-bond donors (Lipinski definition) is 1. The Balaban J connectivity index is 3.79. The number of urea groups is 1. The van der Waals surface area contributed by atoms with Crippen LogP contribution < -0.4 is 5.32 Å². The summed E-state index contributed by atoms with van der Waals surface area (Å²) in [6.07, 6.45) is 3.17. The van der Waals surface area contributed by atoms with Crippen molar-refractivity contribution in [3.8, 4) is 0 Å². The largest absolute Gasteiger partial charge is 0.338 e. The molecule has 0 aliphatic carbocycles. The Bertz CT molecular complexity index is 148. The van der Waals surface area contributed by atoms with Crippen molar-refractivity contribution in [1.82, 2.24) is 10.2 Å². The Labute approximate surface area is 81.5 Å². The van der Waals surface area contributed by atoms with E-state index in [0.29, 0.717) is 6.04 Å². The topological polar surface area (TPSA) is 32.3 Å². The predicted molar refractivity (Wildman–Crippen MR) is 55.8 cm³/mol. The Morgan fingerprint density at radius 2 is 2.00 bits per heavy atom. The summed E-state index contributed by atoms with van der Waals surface area (Å²) in [7, 11) is 1.85. The van der Waals surface area contributed by atoms with Gasteiger partial charge in [-0.3, -0.25) is 0 Å². The number of carbonyl (C=O) groups excluding carboxylic acids is 1. The van der Waals surface area contributed by atoms with Gasteiger partial charge in [-0.05, 0) is 19.8 Å². The maximum absolute atomic E-state index is 11.4. The highest BCUT2D eigenvalue weighted by atomic mass is 16.2. The van der Waals surface area contributed by atoms with E-state index in [4.69, 9.17) is 0 Å². The van der Waals surface area contributed by atoms with Crippen LogP contribution in [0.3, 0.4) is 0 Å². The van der Waals surface area contributed by atoms with Gasteiger partial charge in [0, 0.05) is 19.6 Å². The number of rotatable bonds is 5. The van der Waals surface area contributed by atoms with E-state index in [0.717, 1.165) is 25.8 Å². The lowest BCUT2D eigenvalue weighted by Gasteiger charge is -2.24. The van der Waals surface area contributed by atoms with E-state index in [1.807, 2.05) is 7.05 Å². The van der Waals surface area contributed by atoms with E-state index < -0.39 is 0 Å². The molecule has 0 spiro atoms. The van der Waals surface area contributed by atoms with Crippen LogP contribution >= 0.6 is 0 Å². The standard InChI is InChI=1S/C10H22N2O/c1-5-7-9(3)12(4)10(13)11-8-6-2/h9H,5-8H2,1-4H3,(H,11,13). The van der Waals surface area contributed by atoms with Gasteiger partial charge in [0.05, 0.1) is 0 Å². The van der Waals surface area contributed by atoms with Gasteiger partial charge in [0.25, 0.3) is 0 Å². The number of carbonyl (C=O) groups is 1. The van der Waals surface area contributed by atoms with Crippen LogP contribution in [0.2, 0.25) is 0 Å². The smallest absolute Gasteiger partial charge is 0.317 e. The highest BCUT2D eigenvalue weighted by Crippen LogP contribution is 2.03. The lowest BCUT2D eigenvalue weighted by Crippen LogP contribution is -2.42. The van der Waals surface area contributed by atoms with Gasteiger partial charge in [-0.2, -0.15) is 0 Å². The Hall–Kier alpha value is -0.730. The lowest BCUT2D eigenvalue weighted by molar-refractivity contribution is 0.191. The molecule has 3 nitrogen and oxygen atoms in total. The van der Waals surface area contributed by atoms with E-state index in [9.17, 15) is 4.79 Å². The van der Waals surface area contributed by atoms with E-state index in [1.54, 1.807) is 4.90 Å². The molecule has 1 N–H and O–H groups in total. The zero-order chi connectivity index (χ0) is 10.3. The zero-order valence-electron chi connectivity index (χ0n) is 9.26. The van der Waals surface area contributed by atoms with E-state index in [-0.39, 0.29) is 6.03 Å². The normalized spacial score (nSPS) is 12.3. The quantitative estimate of drug-likeness (QED) is 0.701. The predicted octanol–water partition coefficient (Wildman–Crippen LogP) is 2.23. The third-order valence-corrected chi connectivity index (χ3v) is 2.21. The first kappa shape index (κ1) is 12.3. The molecule has 0 saturated heterocycles. The molecule has 0 aromatic heterocycles. The molecule has 2 amide bonds. The highest BCUT2D eigenvalue weighted by Gasteiger charge is 2.13. The van der Waals surface area contributed by atoms with Crippen LogP contribution in [0.1, 0.15) is 40.0 Å². The fourth-order valence-electron chi connectivity index (χ4n) is 1.17. The molecule has 0 aliphatic rings. The first-order valence-corrected chi connectivity index (χ1v) is 5.14. The van der Waals surface area contributed by atoms with Crippen molar-refractivity contribution in [2.45, 2.75) is 46.1 Å². The van der Waals surface area contributed by atoms with E-state index in [1.165, 1.54) is 0 Å². The van der Waals surface area contributed by atoms with Crippen LogP contribution in [0.15, 0.2) is 0 Å². The minimum absolute atomic E-state index is 0.0443. The molecule has 0 heterocycles. The van der Waals surface area contributed by atoms with Crippen molar-refractivity contribution >= 4 is 6.03 Å². The van der Waals surface area contributed by atoms with E-state index in [2.05, 4.69) is 26.1 Å². The average Bonchev–Trinajstić information content (AvgIpc) is 2.13. The van der Waals surface area contributed by atoms with Crippen molar-refractivity contribution in [2.75, 3.05) is 13.6 Å². The third kappa shape index (κ3) is 4.76. The van der Waals surface area contributed by atoms with Gasteiger partial charge in [0.15, 0.2) is 0 Å². The molecule has 0 aromatic rings. The molecule has 0 fully saturated rings. The summed E-state index contributed by atoms with van der Waals surface area (Å²) in [4.78, 5) is 13.2. The highest BCUT2D eigenvalue weighted by molar-refractivity contribution is 5.74. The minimum Gasteiger partial charge on any atom is -0.338 e. The SMILES string of the molecule is CCCNC(=O)N(C)C(C)CCC. The lowest BCUT2D eigenvalue weighted by atomic mass is 10.2. The summed E-state index contributed by atoms with van der Waals surface area (Å²) < 4.78 is 0. The summed E-state index contributed by atoms with van der Waals surface area (Å²) in [5.41, 5.74) is 0. The fraction of sp³-hybridized carbons (Fsp3) is 0.900. The van der Waals surface area contributed by atoms with Crippen LogP contribution in [-0.2, 0) is 0 Å². The van der Waals surface area contributed by atoms with Crippen molar-refractivity contribution < 1.29 is 4.79 Å². The Kier molecular flexibility index (Phi) is 6.37. The molecule has 78 valence electrons. The fourth-order valence-corrected chi connectivity index (χ4v) is 1.17. The summed E-state index contributed by atoms with van der Waals surface area (Å²) in [5, 5.41) is 2.86. The molecule has 0 bridgehead atoms. The molecule has 3 heteroatoms. The number of nitrogens with zero attached hydrogens (tertiary/aromatic N) is 1. The van der Waals surface area contributed by atoms with Gasteiger partial charge in [0.1, 0.15) is 0 Å². The van der Waals surface area contributed by atoms with Crippen LogP contribution in [0.25, 0.3) is 0 Å². The molecule has 0 aromatic carbocycles. The summed E-state index contributed by atoms with van der Waals surface area (Å²) in [6.45, 7) is 7.03. The average molecular weight is 186 g/mol. The van der Waals surface area contributed by atoms with Crippen molar-refractivity contribution in [3.63, 3.8) is 0 Å². The van der Waals surface area contributed by atoms with Gasteiger partial charge in [-0.15, -0.1) is 0 Å². The number of hydrogen-bond acceptors (Lipinski definition) is 1. The molecule has 1 unspecified atom stereocenters.